The molecule has 1 aliphatic heterocycles. The van der Waals surface area contributed by atoms with Gasteiger partial charge >= 0.3 is 6.09 Å². The van der Waals surface area contributed by atoms with Gasteiger partial charge in [-0.3, -0.25) is 4.98 Å². The third kappa shape index (κ3) is 6.38. The van der Waals surface area contributed by atoms with Crippen LogP contribution >= 0.6 is 0 Å². The highest BCUT2D eigenvalue weighted by Gasteiger charge is 2.28. The average Bonchev–Trinajstić information content (AvgIpc) is 3.08. The quantitative estimate of drug-likeness (QED) is 0.783. The second kappa shape index (κ2) is 10.0. The standard InChI is InChI=1S/C19H29N3O3/c1-4-10-24-19(23)22-9-8-17(14-22)25-18-11-16(12-21-13-18)7-5-6-15(2)20-3/h5,7,11-13,15,17,20H,4,6,8-10,14H2,1-3H3/t15-,17-/m0/s1. The fourth-order valence-electron chi connectivity index (χ4n) is 2.58. The first-order valence-corrected chi connectivity index (χ1v) is 8.99. The zero-order valence-corrected chi connectivity index (χ0v) is 15.4. The number of nitrogens with one attached hydrogen (secondary N) is 1. The normalized spacial score (nSPS) is 18.5. The van der Waals surface area contributed by atoms with Crippen LogP contribution in [0.5, 0.6) is 5.75 Å². The predicted molar refractivity (Wildman–Crippen MR) is 98.7 cm³/mol. The lowest BCUT2D eigenvalue weighted by Gasteiger charge is -2.17. The van der Waals surface area contributed by atoms with Crippen LogP contribution in [0.1, 0.15) is 38.7 Å². The second-order valence-electron chi connectivity index (χ2n) is 6.37. The molecular weight excluding hydrogens is 318 g/mol. The van der Waals surface area contributed by atoms with E-state index in [0.717, 1.165) is 30.6 Å². The van der Waals surface area contributed by atoms with Gasteiger partial charge in [0.25, 0.3) is 0 Å². The molecule has 0 aliphatic carbocycles. The first-order chi connectivity index (χ1) is 12.1. The minimum absolute atomic E-state index is 0.0143. The number of carbonyl (C=O) groups excluding carboxylic acids is 1. The van der Waals surface area contributed by atoms with E-state index in [-0.39, 0.29) is 12.2 Å². The fourth-order valence-corrected chi connectivity index (χ4v) is 2.58. The molecule has 0 saturated carbocycles. The summed E-state index contributed by atoms with van der Waals surface area (Å²) in [7, 11) is 1.96. The molecule has 0 aromatic carbocycles. The molecule has 0 bridgehead atoms. The summed E-state index contributed by atoms with van der Waals surface area (Å²) in [4.78, 5) is 17.8. The minimum atomic E-state index is -0.249. The highest BCUT2D eigenvalue weighted by Crippen LogP contribution is 2.20. The molecule has 1 amide bonds. The lowest BCUT2D eigenvalue weighted by atomic mass is 10.2. The third-order valence-corrected chi connectivity index (χ3v) is 4.16. The maximum Gasteiger partial charge on any atom is 0.409 e. The van der Waals surface area contributed by atoms with Gasteiger partial charge in [-0.1, -0.05) is 19.1 Å². The first-order valence-electron chi connectivity index (χ1n) is 8.99. The van der Waals surface area contributed by atoms with E-state index in [1.807, 2.05) is 26.2 Å². The number of carbonyl (C=O) groups is 1. The maximum atomic E-state index is 11.9. The zero-order valence-electron chi connectivity index (χ0n) is 15.4. The molecule has 6 heteroatoms. The van der Waals surface area contributed by atoms with Crippen LogP contribution in [0.4, 0.5) is 4.79 Å². The molecule has 6 nitrogen and oxygen atoms in total. The van der Waals surface area contributed by atoms with Crippen molar-refractivity contribution in [3.8, 4) is 5.75 Å². The van der Waals surface area contributed by atoms with Crippen LogP contribution in [0.15, 0.2) is 24.5 Å². The highest BCUT2D eigenvalue weighted by molar-refractivity contribution is 5.68. The minimum Gasteiger partial charge on any atom is -0.487 e. The smallest absolute Gasteiger partial charge is 0.409 e. The molecule has 0 unspecified atom stereocenters. The molecule has 1 N–H and O–H groups in total. The second-order valence-corrected chi connectivity index (χ2v) is 6.37. The molecule has 1 saturated heterocycles. The number of hydrogen-bond acceptors (Lipinski definition) is 5. The van der Waals surface area contributed by atoms with Gasteiger partial charge in [0.15, 0.2) is 0 Å². The predicted octanol–water partition coefficient (Wildman–Crippen LogP) is 3.09. The number of nitrogens with zero attached hydrogens (tertiary/aromatic N) is 2. The van der Waals surface area contributed by atoms with Gasteiger partial charge in [0.05, 0.1) is 19.3 Å². The molecule has 1 aromatic heterocycles. The van der Waals surface area contributed by atoms with E-state index in [1.54, 1.807) is 11.1 Å². The number of hydrogen-bond donors (Lipinski definition) is 1. The van der Waals surface area contributed by atoms with Crippen molar-refractivity contribution in [2.45, 2.75) is 45.3 Å². The summed E-state index contributed by atoms with van der Waals surface area (Å²) in [6, 6.07) is 2.42. The number of amides is 1. The van der Waals surface area contributed by atoms with E-state index in [2.05, 4.69) is 29.4 Å². The summed E-state index contributed by atoms with van der Waals surface area (Å²) in [6.07, 6.45) is 10.0. The first kappa shape index (κ1) is 19.2. The van der Waals surface area contributed by atoms with Gasteiger partial charge in [0.1, 0.15) is 11.9 Å². The molecule has 1 aliphatic rings. The molecule has 25 heavy (non-hydrogen) atoms. The van der Waals surface area contributed by atoms with Crippen LogP contribution in [-0.4, -0.2) is 54.9 Å². The lowest BCUT2D eigenvalue weighted by molar-refractivity contribution is 0.105. The van der Waals surface area contributed by atoms with Gasteiger partial charge < -0.3 is 19.7 Å². The Balaban J connectivity index is 1.85. The molecule has 138 valence electrons. The molecule has 2 rings (SSSR count). The molecule has 2 atom stereocenters. The van der Waals surface area contributed by atoms with Crippen molar-refractivity contribution < 1.29 is 14.3 Å². The Labute approximate surface area is 150 Å². The van der Waals surface area contributed by atoms with Gasteiger partial charge in [-0.25, -0.2) is 4.79 Å². The van der Waals surface area contributed by atoms with Crippen molar-refractivity contribution in [1.82, 2.24) is 15.2 Å². The summed E-state index contributed by atoms with van der Waals surface area (Å²) in [5.41, 5.74) is 1.01. The monoisotopic (exact) mass is 347 g/mol. The summed E-state index contributed by atoms with van der Waals surface area (Å²) < 4.78 is 11.2. The Kier molecular flexibility index (Phi) is 7.73. The zero-order chi connectivity index (χ0) is 18.1. The number of rotatable bonds is 8. The highest BCUT2D eigenvalue weighted by atomic mass is 16.6. The topological polar surface area (TPSA) is 63.7 Å². The summed E-state index contributed by atoms with van der Waals surface area (Å²) in [5, 5.41) is 3.20. The Morgan fingerprint density at radius 2 is 2.36 bits per heavy atom. The van der Waals surface area contributed by atoms with E-state index in [0.29, 0.717) is 25.7 Å². The van der Waals surface area contributed by atoms with E-state index < -0.39 is 0 Å². The van der Waals surface area contributed by atoms with E-state index in [4.69, 9.17) is 9.47 Å². The van der Waals surface area contributed by atoms with Crippen LogP contribution in [0.2, 0.25) is 0 Å². The SMILES string of the molecule is CCCOC(=O)N1CC[C@H](Oc2cncc(C=CC[C@H](C)NC)c2)C1. The Bertz CT molecular complexity index is 577. The Hall–Kier alpha value is -2.08. The van der Waals surface area contributed by atoms with Crippen LogP contribution in [0.3, 0.4) is 0 Å². The van der Waals surface area contributed by atoms with Crippen LogP contribution in [0.25, 0.3) is 6.08 Å². The maximum absolute atomic E-state index is 11.9. The van der Waals surface area contributed by atoms with E-state index in [9.17, 15) is 4.79 Å². The van der Waals surface area contributed by atoms with Gasteiger partial charge in [-0.15, -0.1) is 0 Å². The van der Waals surface area contributed by atoms with Crippen molar-refractivity contribution in [2.24, 2.45) is 0 Å². The number of pyridine rings is 1. The molecule has 0 spiro atoms. The van der Waals surface area contributed by atoms with Crippen molar-refractivity contribution in [1.29, 1.82) is 0 Å². The van der Waals surface area contributed by atoms with E-state index in [1.165, 1.54) is 0 Å². The summed E-state index contributed by atoms with van der Waals surface area (Å²) in [5.74, 6) is 0.734. The molecular formula is C19H29N3O3. The fraction of sp³-hybridized carbons (Fsp3) is 0.579. The van der Waals surface area contributed by atoms with Gasteiger partial charge in [-0.05, 0) is 38.4 Å². The van der Waals surface area contributed by atoms with Gasteiger partial charge in [0, 0.05) is 25.2 Å². The van der Waals surface area contributed by atoms with Crippen molar-refractivity contribution in [3.05, 3.63) is 30.1 Å². The third-order valence-electron chi connectivity index (χ3n) is 4.16. The summed E-state index contributed by atoms with van der Waals surface area (Å²) in [6.45, 7) is 5.81. The molecule has 1 fully saturated rings. The lowest BCUT2D eigenvalue weighted by Crippen LogP contribution is -2.31. The number of likely N-dealkylation sites (tertiary alicyclic amines) is 1. The van der Waals surface area contributed by atoms with Crippen molar-refractivity contribution in [3.63, 3.8) is 0 Å². The molecule has 2 heterocycles. The van der Waals surface area contributed by atoms with Crippen LogP contribution in [-0.2, 0) is 4.74 Å². The molecule has 1 aromatic rings. The van der Waals surface area contributed by atoms with E-state index >= 15 is 0 Å². The molecule has 0 radical (unpaired) electrons. The van der Waals surface area contributed by atoms with Crippen molar-refractivity contribution >= 4 is 12.2 Å². The Morgan fingerprint density at radius 3 is 3.12 bits per heavy atom. The summed E-state index contributed by atoms with van der Waals surface area (Å²) >= 11 is 0. The Morgan fingerprint density at radius 1 is 1.52 bits per heavy atom. The van der Waals surface area contributed by atoms with Crippen molar-refractivity contribution in [2.75, 3.05) is 26.7 Å². The van der Waals surface area contributed by atoms with Gasteiger partial charge in [-0.2, -0.15) is 0 Å². The largest absolute Gasteiger partial charge is 0.487 e. The van der Waals surface area contributed by atoms with Crippen LogP contribution in [0, 0.1) is 0 Å². The average molecular weight is 347 g/mol. The number of ether oxygens (including phenoxy) is 2. The van der Waals surface area contributed by atoms with Gasteiger partial charge in [0.2, 0.25) is 0 Å². The van der Waals surface area contributed by atoms with Crippen LogP contribution < -0.4 is 10.1 Å². The number of aromatic nitrogens is 1.